The number of nitrogens with zero attached hydrogens (tertiary/aromatic N) is 1. The molecular weight excluding hydrogens is 245 g/mol. The van der Waals surface area contributed by atoms with Gasteiger partial charge in [0.2, 0.25) is 0 Å². The fourth-order valence-corrected chi connectivity index (χ4v) is 2.01. The van der Waals surface area contributed by atoms with Gasteiger partial charge in [0.25, 0.3) is 0 Å². The van der Waals surface area contributed by atoms with E-state index >= 15 is 0 Å². The van der Waals surface area contributed by atoms with Crippen molar-refractivity contribution in [3.8, 4) is 5.75 Å². The molecule has 3 nitrogen and oxygen atoms in total. The lowest BCUT2D eigenvalue weighted by Gasteiger charge is -2.14. The lowest BCUT2D eigenvalue weighted by molar-refractivity contribution is 0.273. The summed E-state index contributed by atoms with van der Waals surface area (Å²) in [6.07, 6.45) is 1.97. The number of aliphatic hydroxyl groups is 1. The highest BCUT2D eigenvalue weighted by molar-refractivity contribution is 5.86. The highest BCUT2D eigenvalue weighted by Gasteiger charge is 2.13. The first-order chi connectivity index (χ1) is 9.17. The summed E-state index contributed by atoms with van der Waals surface area (Å²) in [4.78, 5) is 4.33. The molecule has 1 N–H and O–H groups in total. The third-order valence-electron chi connectivity index (χ3n) is 3.13. The minimum atomic E-state index is -0.314. The van der Waals surface area contributed by atoms with Crippen LogP contribution in [-0.2, 0) is 6.61 Å². The van der Waals surface area contributed by atoms with E-state index < -0.39 is 0 Å². The smallest absolute Gasteiger partial charge is 0.133 e. The minimum absolute atomic E-state index is 0.150. The standard InChI is InChI=1S/C15H18FNO2/c1-3-4-7-19-15-10(2)14(9-18)17-13-6-5-11(16)8-12(13)15/h5-6,8,18H,3-4,7,9H2,1-2H3. The van der Waals surface area contributed by atoms with Crippen molar-refractivity contribution in [3.63, 3.8) is 0 Å². The summed E-state index contributed by atoms with van der Waals surface area (Å²) < 4.78 is 19.2. The summed E-state index contributed by atoms with van der Waals surface area (Å²) in [5, 5.41) is 9.99. The SMILES string of the molecule is CCCCOc1c(C)c(CO)nc2ccc(F)cc12. The molecule has 0 saturated carbocycles. The van der Waals surface area contributed by atoms with Crippen LogP contribution in [0.2, 0.25) is 0 Å². The Bertz CT molecular complexity index is 584. The first-order valence-corrected chi connectivity index (χ1v) is 6.49. The van der Waals surface area contributed by atoms with Gasteiger partial charge < -0.3 is 9.84 Å². The number of unbranched alkanes of at least 4 members (excludes halogenated alkanes) is 1. The predicted octanol–water partition coefficient (Wildman–Crippen LogP) is 3.35. The lowest BCUT2D eigenvalue weighted by atomic mass is 10.1. The molecule has 0 fully saturated rings. The average molecular weight is 263 g/mol. The Balaban J connectivity index is 2.54. The van der Waals surface area contributed by atoms with Crippen LogP contribution in [0.3, 0.4) is 0 Å². The predicted molar refractivity (Wildman–Crippen MR) is 72.8 cm³/mol. The minimum Gasteiger partial charge on any atom is -0.493 e. The number of pyridine rings is 1. The Morgan fingerprint density at radius 3 is 2.84 bits per heavy atom. The van der Waals surface area contributed by atoms with Crippen LogP contribution in [0, 0.1) is 12.7 Å². The average Bonchev–Trinajstić information content (AvgIpc) is 2.41. The first-order valence-electron chi connectivity index (χ1n) is 6.49. The van der Waals surface area contributed by atoms with Crippen molar-refractivity contribution in [3.05, 3.63) is 35.3 Å². The largest absolute Gasteiger partial charge is 0.493 e. The number of rotatable bonds is 5. The van der Waals surface area contributed by atoms with Crippen molar-refractivity contribution in [1.29, 1.82) is 0 Å². The van der Waals surface area contributed by atoms with Gasteiger partial charge in [0.05, 0.1) is 24.4 Å². The van der Waals surface area contributed by atoms with Crippen LogP contribution in [0.5, 0.6) is 5.75 Å². The summed E-state index contributed by atoms with van der Waals surface area (Å²) in [6.45, 7) is 4.35. The number of hydrogen-bond acceptors (Lipinski definition) is 3. The molecule has 0 saturated heterocycles. The zero-order chi connectivity index (χ0) is 13.8. The summed E-state index contributed by atoms with van der Waals surface area (Å²) in [7, 11) is 0. The molecule has 0 spiro atoms. The molecule has 1 heterocycles. The normalized spacial score (nSPS) is 10.9. The molecule has 0 aliphatic heterocycles. The van der Waals surface area contributed by atoms with Gasteiger partial charge in [0.15, 0.2) is 0 Å². The number of benzene rings is 1. The van der Waals surface area contributed by atoms with Gasteiger partial charge in [0, 0.05) is 10.9 Å². The number of halogens is 1. The second-order valence-corrected chi connectivity index (χ2v) is 4.53. The van der Waals surface area contributed by atoms with E-state index in [1.54, 1.807) is 6.07 Å². The van der Waals surface area contributed by atoms with Crippen molar-refractivity contribution in [1.82, 2.24) is 4.98 Å². The molecule has 4 heteroatoms. The van der Waals surface area contributed by atoms with Gasteiger partial charge in [-0.3, -0.25) is 0 Å². The fraction of sp³-hybridized carbons (Fsp3) is 0.400. The van der Waals surface area contributed by atoms with E-state index in [-0.39, 0.29) is 12.4 Å². The Hall–Kier alpha value is -1.68. The van der Waals surface area contributed by atoms with Crippen LogP contribution in [-0.4, -0.2) is 16.7 Å². The maximum atomic E-state index is 13.4. The van der Waals surface area contributed by atoms with Crippen molar-refractivity contribution in [2.45, 2.75) is 33.3 Å². The first kappa shape index (κ1) is 13.7. The molecule has 0 aliphatic carbocycles. The van der Waals surface area contributed by atoms with Gasteiger partial charge in [-0.25, -0.2) is 9.37 Å². The van der Waals surface area contributed by atoms with Gasteiger partial charge in [-0.05, 0) is 31.5 Å². The summed E-state index contributed by atoms with van der Waals surface area (Å²) in [5.41, 5.74) is 1.99. The van der Waals surface area contributed by atoms with Gasteiger partial charge >= 0.3 is 0 Å². The van der Waals surface area contributed by atoms with Crippen molar-refractivity contribution < 1.29 is 14.2 Å². The van der Waals surface area contributed by atoms with Crippen molar-refractivity contribution in [2.24, 2.45) is 0 Å². The van der Waals surface area contributed by atoms with E-state index in [2.05, 4.69) is 11.9 Å². The summed E-state index contributed by atoms with van der Waals surface area (Å²) in [5.74, 6) is 0.313. The number of hydrogen-bond donors (Lipinski definition) is 1. The molecule has 0 unspecified atom stereocenters. The number of aromatic nitrogens is 1. The molecule has 1 aromatic carbocycles. The highest BCUT2D eigenvalue weighted by Crippen LogP contribution is 2.31. The number of fused-ring (bicyclic) bond motifs is 1. The Morgan fingerprint density at radius 1 is 1.37 bits per heavy atom. The maximum Gasteiger partial charge on any atom is 0.133 e. The van der Waals surface area contributed by atoms with Crippen LogP contribution in [0.25, 0.3) is 10.9 Å². The van der Waals surface area contributed by atoms with E-state index in [4.69, 9.17) is 4.74 Å². The molecule has 102 valence electrons. The summed E-state index contributed by atoms with van der Waals surface area (Å²) in [6, 6.07) is 4.40. The van der Waals surface area contributed by atoms with E-state index in [1.165, 1.54) is 12.1 Å². The third kappa shape index (κ3) is 2.84. The zero-order valence-corrected chi connectivity index (χ0v) is 11.2. The molecule has 1 aromatic heterocycles. The Labute approximate surface area is 112 Å². The Morgan fingerprint density at radius 2 is 2.16 bits per heavy atom. The molecule has 0 atom stereocenters. The van der Waals surface area contributed by atoms with E-state index in [0.29, 0.717) is 29.0 Å². The molecule has 2 rings (SSSR count). The molecular formula is C15H18FNO2. The van der Waals surface area contributed by atoms with Crippen LogP contribution in [0.4, 0.5) is 4.39 Å². The molecule has 0 amide bonds. The molecule has 0 aliphatic rings. The highest BCUT2D eigenvalue weighted by atomic mass is 19.1. The summed E-state index contributed by atoms with van der Waals surface area (Å²) >= 11 is 0. The zero-order valence-electron chi connectivity index (χ0n) is 11.2. The Kier molecular flexibility index (Phi) is 4.32. The number of ether oxygens (including phenoxy) is 1. The topological polar surface area (TPSA) is 42.4 Å². The van der Waals surface area contributed by atoms with Crippen molar-refractivity contribution >= 4 is 10.9 Å². The van der Waals surface area contributed by atoms with Gasteiger partial charge in [-0.1, -0.05) is 13.3 Å². The van der Waals surface area contributed by atoms with E-state index in [1.807, 2.05) is 6.92 Å². The number of aliphatic hydroxyl groups excluding tert-OH is 1. The van der Waals surface area contributed by atoms with Crippen LogP contribution in [0.15, 0.2) is 18.2 Å². The van der Waals surface area contributed by atoms with Crippen LogP contribution in [0.1, 0.15) is 31.0 Å². The molecule has 0 bridgehead atoms. The van der Waals surface area contributed by atoms with Gasteiger partial charge in [-0.2, -0.15) is 0 Å². The fourth-order valence-electron chi connectivity index (χ4n) is 2.01. The van der Waals surface area contributed by atoms with Crippen molar-refractivity contribution in [2.75, 3.05) is 6.61 Å². The van der Waals surface area contributed by atoms with E-state index in [9.17, 15) is 9.50 Å². The maximum absolute atomic E-state index is 13.4. The molecule has 19 heavy (non-hydrogen) atoms. The van der Waals surface area contributed by atoms with Crippen LogP contribution < -0.4 is 4.74 Å². The lowest BCUT2D eigenvalue weighted by Crippen LogP contribution is -2.04. The van der Waals surface area contributed by atoms with E-state index in [0.717, 1.165) is 18.4 Å². The van der Waals surface area contributed by atoms with Gasteiger partial charge in [0.1, 0.15) is 11.6 Å². The third-order valence-corrected chi connectivity index (χ3v) is 3.13. The van der Waals surface area contributed by atoms with Crippen LogP contribution >= 0.6 is 0 Å². The molecule has 0 radical (unpaired) electrons. The monoisotopic (exact) mass is 263 g/mol. The second kappa shape index (κ2) is 5.97. The second-order valence-electron chi connectivity index (χ2n) is 4.53. The molecule has 2 aromatic rings. The quantitative estimate of drug-likeness (QED) is 0.841. The van der Waals surface area contributed by atoms with Gasteiger partial charge in [-0.15, -0.1) is 0 Å².